The minimum atomic E-state index is -0.264. The highest BCUT2D eigenvalue weighted by Crippen LogP contribution is 2.42. The Balaban J connectivity index is 1.92. The first-order chi connectivity index (χ1) is 9.84. The van der Waals surface area contributed by atoms with Gasteiger partial charge in [-0.05, 0) is 25.3 Å². The Bertz CT molecular complexity index is 680. The van der Waals surface area contributed by atoms with Crippen molar-refractivity contribution in [1.29, 1.82) is 0 Å². The highest BCUT2D eigenvalue weighted by Gasteiger charge is 2.38. The van der Waals surface area contributed by atoms with Crippen molar-refractivity contribution < 1.29 is 9.53 Å². The van der Waals surface area contributed by atoms with Crippen LogP contribution in [-0.2, 0) is 4.79 Å². The van der Waals surface area contributed by atoms with Crippen LogP contribution >= 0.6 is 0 Å². The van der Waals surface area contributed by atoms with Crippen LogP contribution in [0.2, 0.25) is 0 Å². The second-order valence-corrected chi connectivity index (χ2v) is 5.76. The van der Waals surface area contributed by atoms with Crippen LogP contribution in [0.4, 0.5) is 0 Å². The Kier molecular flexibility index (Phi) is 2.72. The maximum atomic E-state index is 12.5. The molecule has 4 rings (SSSR count). The maximum absolute atomic E-state index is 12.5. The van der Waals surface area contributed by atoms with Crippen LogP contribution < -0.4 is 4.74 Å². The maximum Gasteiger partial charge on any atom is 0.180 e. The van der Waals surface area contributed by atoms with Gasteiger partial charge in [0, 0.05) is 17.1 Å². The molecule has 3 heteroatoms. The number of ether oxygens (including phenoxy) is 1. The summed E-state index contributed by atoms with van der Waals surface area (Å²) in [6.07, 6.45) is 6.73. The topological polar surface area (TPSA) is 39.2 Å². The predicted molar refractivity (Wildman–Crippen MR) is 77.0 cm³/mol. The Morgan fingerprint density at radius 1 is 1.10 bits per heavy atom. The molecule has 1 aromatic heterocycles. The van der Waals surface area contributed by atoms with Gasteiger partial charge in [-0.15, -0.1) is 0 Å². The zero-order valence-electron chi connectivity index (χ0n) is 11.3. The molecule has 2 bridgehead atoms. The average molecular weight is 267 g/mol. The third kappa shape index (κ3) is 1.73. The Labute approximate surface area is 118 Å². The van der Waals surface area contributed by atoms with Crippen LogP contribution in [0.3, 0.4) is 0 Å². The number of Topliss-reactive ketones (excluding diaryl/α,β-unsaturated/α-hetero) is 1. The number of fused-ring (bicyclic) bond motifs is 6. The molecule has 0 saturated heterocycles. The predicted octanol–water partition coefficient (Wildman–Crippen LogP) is 3.61. The summed E-state index contributed by atoms with van der Waals surface area (Å²) in [4.78, 5) is 17.0. The molecule has 20 heavy (non-hydrogen) atoms. The zero-order valence-corrected chi connectivity index (χ0v) is 11.3. The lowest BCUT2D eigenvalue weighted by Gasteiger charge is -2.33. The molecule has 2 aromatic rings. The molecule has 1 aliphatic heterocycles. The van der Waals surface area contributed by atoms with Gasteiger partial charge in [0.05, 0.1) is 5.92 Å². The van der Waals surface area contributed by atoms with E-state index in [0.29, 0.717) is 0 Å². The van der Waals surface area contributed by atoms with E-state index in [1.54, 1.807) is 6.20 Å². The molecule has 0 N–H and O–H groups in total. The minimum absolute atomic E-state index is 0.00968. The summed E-state index contributed by atoms with van der Waals surface area (Å²) in [6, 6.07) is 8.08. The normalized spacial score (nSPS) is 25.5. The molecule has 1 saturated carbocycles. The van der Waals surface area contributed by atoms with Crippen molar-refractivity contribution in [2.45, 2.75) is 44.1 Å². The molecule has 0 amide bonds. The first kappa shape index (κ1) is 11.9. The van der Waals surface area contributed by atoms with E-state index in [4.69, 9.17) is 4.74 Å². The van der Waals surface area contributed by atoms with Crippen molar-refractivity contribution in [2.75, 3.05) is 0 Å². The number of carbonyl (C=O) groups is 1. The number of hydrogen-bond acceptors (Lipinski definition) is 3. The third-order valence-electron chi connectivity index (χ3n) is 4.51. The lowest BCUT2D eigenvalue weighted by Crippen LogP contribution is -2.37. The van der Waals surface area contributed by atoms with Gasteiger partial charge in [0.15, 0.2) is 17.6 Å². The summed E-state index contributed by atoms with van der Waals surface area (Å²) in [5.41, 5.74) is 1.94. The van der Waals surface area contributed by atoms with Gasteiger partial charge in [-0.1, -0.05) is 31.0 Å². The summed E-state index contributed by atoms with van der Waals surface area (Å²) < 4.78 is 6.05. The second kappa shape index (κ2) is 4.58. The van der Waals surface area contributed by atoms with Gasteiger partial charge in [0.25, 0.3) is 0 Å². The van der Waals surface area contributed by atoms with Gasteiger partial charge in [-0.2, -0.15) is 0 Å². The Morgan fingerprint density at radius 2 is 2.00 bits per heavy atom. The van der Waals surface area contributed by atoms with Crippen LogP contribution in [0, 0.1) is 0 Å². The molecular weight excluding hydrogens is 250 g/mol. The van der Waals surface area contributed by atoms with Crippen molar-refractivity contribution in [1.82, 2.24) is 4.98 Å². The van der Waals surface area contributed by atoms with Crippen molar-refractivity contribution in [3.63, 3.8) is 0 Å². The zero-order chi connectivity index (χ0) is 13.5. The molecule has 2 aliphatic rings. The molecule has 1 fully saturated rings. The van der Waals surface area contributed by atoms with Gasteiger partial charge >= 0.3 is 0 Å². The number of aromatic nitrogens is 1. The molecule has 3 nitrogen and oxygen atoms in total. The van der Waals surface area contributed by atoms with E-state index in [0.717, 1.165) is 47.9 Å². The number of benzene rings is 1. The summed E-state index contributed by atoms with van der Waals surface area (Å²) in [6.45, 7) is 0. The van der Waals surface area contributed by atoms with E-state index in [1.807, 2.05) is 12.1 Å². The van der Waals surface area contributed by atoms with Crippen molar-refractivity contribution in [3.05, 3.63) is 36.0 Å². The molecule has 102 valence electrons. The second-order valence-electron chi connectivity index (χ2n) is 5.76. The monoisotopic (exact) mass is 267 g/mol. The van der Waals surface area contributed by atoms with Gasteiger partial charge in [0.1, 0.15) is 5.52 Å². The van der Waals surface area contributed by atoms with Crippen molar-refractivity contribution >= 4 is 16.7 Å². The first-order valence-electron chi connectivity index (χ1n) is 7.42. The molecule has 2 unspecified atom stereocenters. The lowest BCUT2D eigenvalue weighted by molar-refractivity contribution is -0.129. The summed E-state index contributed by atoms with van der Waals surface area (Å²) in [7, 11) is 0. The van der Waals surface area contributed by atoms with E-state index in [1.165, 1.54) is 6.42 Å². The van der Waals surface area contributed by atoms with E-state index < -0.39 is 0 Å². The molecule has 0 radical (unpaired) electrons. The van der Waals surface area contributed by atoms with Crippen molar-refractivity contribution in [3.8, 4) is 5.75 Å². The molecule has 1 aromatic carbocycles. The quantitative estimate of drug-likeness (QED) is 0.732. The fourth-order valence-electron chi connectivity index (χ4n) is 3.46. The molecule has 2 atom stereocenters. The lowest BCUT2D eigenvalue weighted by atomic mass is 9.81. The molecule has 2 heterocycles. The van der Waals surface area contributed by atoms with E-state index in [9.17, 15) is 4.79 Å². The number of rotatable bonds is 0. The Morgan fingerprint density at radius 3 is 2.95 bits per heavy atom. The standard InChI is InChI=1S/C17H17NO2/c19-16-12-6-2-1-3-7-14(16)20-17-13(12)9-8-11-5-4-10-18-15(11)17/h4-5,8-10,12,14H,1-3,6-7H2. The van der Waals surface area contributed by atoms with Crippen LogP contribution in [-0.4, -0.2) is 16.9 Å². The van der Waals surface area contributed by atoms with Crippen molar-refractivity contribution in [2.24, 2.45) is 0 Å². The van der Waals surface area contributed by atoms with E-state index >= 15 is 0 Å². The van der Waals surface area contributed by atoms with Gasteiger partial charge < -0.3 is 4.74 Å². The average Bonchev–Trinajstić information content (AvgIpc) is 2.49. The summed E-state index contributed by atoms with van der Waals surface area (Å²) in [5.74, 6) is 1.13. The third-order valence-corrected chi connectivity index (χ3v) is 4.51. The number of carbonyl (C=O) groups excluding carboxylic acids is 1. The molecule has 0 spiro atoms. The first-order valence-corrected chi connectivity index (χ1v) is 7.42. The van der Waals surface area contributed by atoms with E-state index in [2.05, 4.69) is 17.1 Å². The number of pyridine rings is 1. The SMILES string of the molecule is O=C1C2CCCCCC1c1ccc3cccnc3c1O2. The summed E-state index contributed by atoms with van der Waals surface area (Å²) in [5, 5.41) is 1.08. The fourth-order valence-corrected chi connectivity index (χ4v) is 3.46. The largest absolute Gasteiger partial charge is 0.480 e. The van der Waals surface area contributed by atoms with Crippen LogP contribution in [0.15, 0.2) is 30.5 Å². The van der Waals surface area contributed by atoms with E-state index in [-0.39, 0.29) is 17.8 Å². The fraction of sp³-hybridized carbons (Fsp3) is 0.412. The number of hydrogen-bond donors (Lipinski definition) is 0. The molecular formula is C17H17NO2. The van der Waals surface area contributed by atoms with Crippen LogP contribution in [0.5, 0.6) is 5.75 Å². The van der Waals surface area contributed by atoms with Gasteiger partial charge in [-0.25, -0.2) is 0 Å². The van der Waals surface area contributed by atoms with Gasteiger partial charge in [-0.3, -0.25) is 9.78 Å². The minimum Gasteiger partial charge on any atom is -0.480 e. The number of ketones is 1. The Hall–Kier alpha value is -1.90. The highest BCUT2D eigenvalue weighted by molar-refractivity contribution is 5.96. The van der Waals surface area contributed by atoms with Crippen LogP contribution in [0.25, 0.3) is 10.9 Å². The summed E-state index contributed by atoms with van der Waals surface area (Å²) >= 11 is 0. The van der Waals surface area contributed by atoms with Crippen LogP contribution in [0.1, 0.15) is 43.6 Å². The highest BCUT2D eigenvalue weighted by atomic mass is 16.5. The molecule has 1 aliphatic carbocycles. The van der Waals surface area contributed by atoms with Gasteiger partial charge in [0.2, 0.25) is 0 Å². The smallest absolute Gasteiger partial charge is 0.180 e. The number of nitrogens with zero attached hydrogens (tertiary/aromatic N) is 1.